The minimum Gasteiger partial charge on any atom is -0.370 e. The highest BCUT2D eigenvalue weighted by Crippen LogP contribution is 2.21. The summed E-state index contributed by atoms with van der Waals surface area (Å²) in [7, 11) is 1.90. The van der Waals surface area contributed by atoms with Gasteiger partial charge in [0.15, 0.2) is 5.96 Å². The molecule has 2 aromatic rings. The second-order valence-electron chi connectivity index (χ2n) is 6.51. The SMILES string of the molecule is CCNC(=NCc1ccc(C)c(F)c1)N1CCOC(c2cnn(C)c2)C1.I. The zero-order chi connectivity index (χ0) is 18.5. The Morgan fingerprint density at radius 1 is 1.44 bits per heavy atom. The fourth-order valence-electron chi connectivity index (χ4n) is 2.98. The largest absolute Gasteiger partial charge is 0.370 e. The van der Waals surface area contributed by atoms with Crippen LogP contribution in [-0.4, -0.2) is 46.9 Å². The van der Waals surface area contributed by atoms with Crippen molar-refractivity contribution in [3.05, 3.63) is 53.1 Å². The zero-order valence-corrected chi connectivity index (χ0v) is 18.3. The van der Waals surface area contributed by atoms with E-state index in [2.05, 4.69) is 15.3 Å². The lowest BCUT2D eigenvalue weighted by Gasteiger charge is -2.34. The molecule has 148 valence electrons. The van der Waals surface area contributed by atoms with Gasteiger partial charge in [-0.05, 0) is 31.0 Å². The van der Waals surface area contributed by atoms with Crippen LogP contribution in [0.3, 0.4) is 0 Å². The lowest BCUT2D eigenvalue weighted by Crippen LogP contribution is -2.48. The number of rotatable bonds is 4. The molecule has 0 amide bonds. The number of hydrogen-bond acceptors (Lipinski definition) is 3. The molecular formula is C19H27FIN5O. The van der Waals surface area contributed by atoms with Crippen molar-refractivity contribution in [2.45, 2.75) is 26.5 Å². The number of morpholine rings is 1. The maximum Gasteiger partial charge on any atom is 0.194 e. The van der Waals surface area contributed by atoms with Gasteiger partial charge >= 0.3 is 0 Å². The van der Waals surface area contributed by atoms with Gasteiger partial charge in [-0.15, -0.1) is 24.0 Å². The molecule has 0 saturated carbocycles. The molecule has 1 N–H and O–H groups in total. The van der Waals surface area contributed by atoms with Crippen LogP contribution in [0.5, 0.6) is 0 Å². The normalized spacial score (nSPS) is 17.6. The standard InChI is InChI=1S/C19H26FN5O.HI/c1-4-21-19(22-10-15-6-5-14(2)17(20)9-15)25-7-8-26-18(13-25)16-11-23-24(3)12-16;/h5-6,9,11-12,18H,4,7-8,10,13H2,1-3H3,(H,21,22);1H. The monoisotopic (exact) mass is 487 g/mol. The maximum absolute atomic E-state index is 13.7. The summed E-state index contributed by atoms with van der Waals surface area (Å²) in [4.78, 5) is 6.89. The average Bonchev–Trinajstić information content (AvgIpc) is 3.08. The van der Waals surface area contributed by atoms with Crippen molar-refractivity contribution >= 4 is 29.9 Å². The zero-order valence-electron chi connectivity index (χ0n) is 16.0. The number of nitrogens with one attached hydrogen (secondary N) is 1. The van der Waals surface area contributed by atoms with Crippen molar-refractivity contribution in [3.63, 3.8) is 0 Å². The van der Waals surface area contributed by atoms with Gasteiger partial charge < -0.3 is 15.0 Å². The third-order valence-corrected chi connectivity index (χ3v) is 4.45. The van der Waals surface area contributed by atoms with Gasteiger partial charge in [0.25, 0.3) is 0 Å². The van der Waals surface area contributed by atoms with Crippen molar-refractivity contribution in [2.24, 2.45) is 12.0 Å². The van der Waals surface area contributed by atoms with Crippen LogP contribution in [0.1, 0.15) is 29.7 Å². The predicted molar refractivity (Wildman–Crippen MR) is 115 cm³/mol. The lowest BCUT2D eigenvalue weighted by molar-refractivity contribution is -0.00805. The molecule has 1 atom stereocenters. The highest BCUT2D eigenvalue weighted by Gasteiger charge is 2.25. The molecule has 0 bridgehead atoms. The predicted octanol–water partition coefficient (Wildman–Crippen LogP) is 3.02. The number of aromatic nitrogens is 2. The third-order valence-electron chi connectivity index (χ3n) is 4.45. The van der Waals surface area contributed by atoms with Crippen LogP contribution in [0.15, 0.2) is 35.6 Å². The number of nitrogens with zero attached hydrogens (tertiary/aromatic N) is 4. The van der Waals surface area contributed by atoms with Crippen molar-refractivity contribution in [1.29, 1.82) is 0 Å². The van der Waals surface area contributed by atoms with E-state index in [0.29, 0.717) is 25.3 Å². The minimum atomic E-state index is -0.189. The van der Waals surface area contributed by atoms with Crippen LogP contribution in [-0.2, 0) is 18.3 Å². The van der Waals surface area contributed by atoms with Crippen LogP contribution < -0.4 is 5.32 Å². The molecule has 1 unspecified atom stereocenters. The summed E-state index contributed by atoms with van der Waals surface area (Å²) in [5.74, 6) is 0.636. The molecular weight excluding hydrogens is 460 g/mol. The Bertz CT molecular complexity index is 779. The number of benzene rings is 1. The van der Waals surface area contributed by atoms with Crippen molar-refractivity contribution in [1.82, 2.24) is 20.0 Å². The first-order valence-electron chi connectivity index (χ1n) is 8.95. The Balaban J connectivity index is 0.00000261. The molecule has 1 fully saturated rings. The molecule has 1 saturated heterocycles. The van der Waals surface area contributed by atoms with Crippen LogP contribution in [0, 0.1) is 12.7 Å². The smallest absolute Gasteiger partial charge is 0.194 e. The fourth-order valence-corrected chi connectivity index (χ4v) is 2.98. The third kappa shape index (κ3) is 5.65. The highest BCUT2D eigenvalue weighted by atomic mass is 127. The fraction of sp³-hybridized carbons (Fsp3) is 0.474. The van der Waals surface area contributed by atoms with E-state index in [1.54, 1.807) is 23.7 Å². The topological polar surface area (TPSA) is 54.7 Å². The number of ether oxygens (including phenoxy) is 1. The van der Waals surface area contributed by atoms with E-state index in [1.807, 2.05) is 32.4 Å². The first kappa shape index (κ1) is 21.6. The van der Waals surface area contributed by atoms with Gasteiger partial charge in [0.1, 0.15) is 11.9 Å². The summed E-state index contributed by atoms with van der Waals surface area (Å²) >= 11 is 0. The van der Waals surface area contributed by atoms with Crippen molar-refractivity contribution in [3.8, 4) is 0 Å². The molecule has 1 aliphatic heterocycles. The Hall–Kier alpha value is -1.68. The van der Waals surface area contributed by atoms with Crippen molar-refractivity contribution < 1.29 is 9.13 Å². The average molecular weight is 487 g/mol. The minimum absolute atomic E-state index is 0. The van der Waals surface area contributed by atoms with E-state index in [9.17, 15) is 4.39 Å². The van der Waals surface area contributed by atoms with E-state index < -0.39 is 0 Å². The van der Waals surface area contributed by atoms with Gasteiger partial charge in [-0.3, -0.25) is 4.68 Å². The molecule has 1 aromatic heterocycles. The Labute approximate surface area is 176 Å². The maximum atomic E-state index is 13.7. The van der Waals surface area contributed by atoms with Crippen LogP contribution in [0.2, 0.25) is 0 Å². The summed E-state index contributed by atoms with van der Waals surface area (Å²) in [5, 5.41) is 7.56. The van der Waals surface area contributed by atoms with E-state index in [4.69, 9.17) is 9.73 Å². The van der Waals surface area contributed by atoms with Crippen molar-refractivity contribution in [2.75, 3.05) is 26.2 Å². The summed E-state index contributed by atoms with van der Waals surface area (Å²) in [6, 6.07) is 5.27. The first-order valence-corrected chi connectivity index (χ1v) is 8.95. The molecule has 8 heteroatoms. The molecule has 3 rings (SSSR count). The van der Waals surface area contributed by atoms with Crippen LogP contribution in [0.4, 0.5) is 4.39 Å². The molecule has 0 spiro atoms. The summed E-state index contributed by atoms with van der Waals surface area (Å²) in [6.45, 7) is 7.12. The summed E-state index contributed by atoms with van der Waals surface area (Å²) in [5.41, 5.74) is 2.58. The molecule has 1 aliphatic rings. The first-order chi connectivity index (χ1) is 12.6. The number of aliphatic imine (C=N–C) groups is 1. The molecule has 2 heterocycles. The quantitative estimate of drug-likeness (QED) is 0.410. The summed E-state index contributed by atoms with van der Waals surface area (Å²) < 4.78 is 21.4. The van der Waals surface area contributed by atoms with Gasteiger partial charge in [-0.1, -0.05) is 12.1 Å². The van der Waals surface area contributed by atoms with Crippen LogP contribution >= 0.6 is 24.0 Å². The Morgan fingerprint density at radius 2 is 2.26 bits per heavy atom. The molecule has 1 aromatic carbocycles. The van der Waals surface area contributed by atoms with E-state index in [0.717, 1.165) is 30.2 Å². The van der Waals surface area contributed by atoms with Gasteiger partial charge in [-0.2, -0.15) is 5.10 Å². The Morgan fingerprint density at radius 3 is 2.93 bits per heavy atom. The van der Waals surface area contributed by atoms with E-state index in [1.165, 1.54) is 0 Å². The molecule has 0 aliphatic carbocycles. The molecule has 0 radical (unpaired) electrons. The number of aryl methyl sites for hydroxylation is 2. The number of hydrogen-bond donors (Lipinski definition) is 1. The highest BCUT2D eigenvalue weighted by molar-refractivity contribution is 14.0. The number of guanidine groups is 1. The van der Waals surface area contributed by atoms with Gasteiger partial charge in [0.2, 0.25) is 0 Å². The van der Waals surface area contributed by atoms with Gasteiger partial charge in [-0.25, -0.2) is 9.38 Å². The lowest BCUT2D eigenvalue weighted by atomic mass is 10.1. The van der Waals surface area contributed by atoms with Gasteiger partial charge in [0.05, 0.1) is 25.9 Å². The van der Waals surface area contributed by atoms with E-state index >= 15 is 0 Å². The molecule has 27 heavy (non-hydrogen) atoms. The summed E-state index contributed by atoms with van der Waals surface area (Å²) in [6.07, 6.45) is 3.79. The molecule has 6 nitrogen and oxygen atoms in total. The van der Waals surface area contributed by atoms with Gasteiger partial charge in [0, 0.05) is 31.9 Å². The van der Waals surface area contributed by atoms with Crippen LogP contribution in [0.25, 0.3) is 0 Å². The van der Waals surface area contributed by atoms with E-state index in [-0.39, 0.29) is 35.9 Å². The number of halogens is 2. The second kappa shape index (κ2) is 10.0. The second-order valence-corrected chi connectivity index (χ2v) is 6.51. The Kier molecular flexibility index (Phi) is 8.03.